The topological polar surface area (TPSA) is 23.5 Å². The van der Waals surface area contributed by atoms with E-state index in [2.05, 4.69) is 53.8 Å². The van der Waals surface area contributed by atoms with Gasteiger partial charge in [-0.05, 0) is 19.0 Å². The molecule has 0 saturated carbocycles. The van der Waals surface area contributed by atoms with Gasteiger partial charge in [-0.15, -0.1) is 11.3 Å². The fourth-order valence-electron chi connectivity index (χ4n) is 2.11. The van der Waals surface area contributed by atoms with Gasteiger partial charge < -0.3 is 5.11 Å². The molecular formula is C15H21NOS2. The highest BCUT2D eigenvalue weighted by Gasteiger charge is 2.23. The molecule has 0 aliphatic carbocycles. The summed E-state index contributed by atoms with van der Waals surface area (Å²) in [6.07, 6.45) is 1.25. The van der Waals surface area contributed by atoms with E-state index in [9.17, 15) is 0 Å². The Bertz CT molecular complexity index is 470. The third-order valence-electron chi connectivity index (χ3n) is 3.28. The second kappa shape index (κ2) is 6.81. The van der Waals surface area contributed by atoms with Crippen LogP contribution in [0.2, 0.25) is 0 Å². The smallest absolute Gasteiger partial charge is 0.104 e. The van der Waals surface area contributed by atoms with Gasteiger partial charge >= 0.3 is 0 Å². The van der Waals surface area contributed by atoms with E-state index < -0.39 is 0 Å². The number of rotatable bonds is 2. The van der Waals surface area contributed by atoms with Crippen molar-refractivity contribution in [3.63, 3.8) is 0 Å². The summed E-state index contributed by atoms with van der Waals surface area (Å²) in [6, 6.07) is 2.15. The van der Waals surface area contributed by atoms with Crippen molar-refractivity contribution < 1.29 is 5.11 Å². The highest BCUT2D eigenvalue weighted by atomic mass is 32.2. The van der Waals surface area contributed by atoms with E-state index in [1.165, 1.54) is 30.1 Å². The van der Waals surface area contributed by atoms with E-state index >= 15 is 0 Å². The van der Waals surface area contributed by atoms with Crippen LogP contribution >= 0.6 is 23.1 Å². The van der Waals surface area contributed by atoms with E-state index in [1.54, 1.807) is 11.3 Å². The quantitative estimate of drug-likeness (QED) is 0.849. The van der Waals surface area contributed by atoms with Crippen LogP contribution in [-0.4, -0.2) is 40.2 Å². The first kappa shape index (κ1) is 14.9. The van der Waals surface area contributed by atoms with Crippen molar-refractivity contribution in [2.45, 2.75) is 31.6 Å². The van der Waals surface area contributed by atoms with Crippen LogP contribution in [0, 0.1) is 11.8 Å². The van der Waals surface area contributed by atoms with Crippen LogP contribution in [0.4, 0.5) is 0 Å². The zero-order valence-corrected chi connectivity index (χ0v) is 13.2. The van der Waals surface area contributed by atoms with Crippen LogP contribution in [0.1, 0.15) is 30.7 Å². The predicted octanol–water partition coefficient (Wildman–Crippen LogP) is 2.81. The minimum Gasteiger partial charge on any atom is -0.384 e. The van der Waals surface area contributed by atoms with Crippen molar-refractivity contribution in [2.24, 2.45) is 0 Å². The molecule has 0 bridgehead atoms. The summed E-state index contributed by atoms with van der Waals surface area (Å²) in [4.78, 5) is 3.91. The lowest BCUT2D eigenvalue weighted by atomic mass is 10.1. The van der Waals surface area contributed by atoms with Crippen molar-refractivity contribution in [1.82, 2.24) is 4.90 Å². The first-order valence-electron chi connectivity index (χ1n) is 6.62. The Morgan fingerprint density at radius 3 is 3.05 bits per heavy atom. The van der Waals surface area contributed by atoms with Crippen molar-refractivity contribution in [3.05, 3.63) is 21.9 Å². The number of hydrogen-bond donors (Lipinski definition) is 1. The fraction of sp³-hybridized carbons (Fsp3) is 0.600. The van der Waals surface area contributed by atoms with Gasteiger partial charge in [0.05, 0.1) is 0 Å². The van der Waals surface area contributed by atoms with E-state index in [0.29, 0.717) is 4.75 Å². The molecule has 19 heavy (non-hydrogen) atoms. The Labute approximate surface area is 124 Å². The highest BCUT2D eigenvalue weighted by Crippen LogP contribution is 2.31. The average molecular weight is 295 g/mol. The zero-order chi connectivity index (χ0) is 13.7. The maximum absolute atomic E-state index is 8.69. The summed E-state index contributed by atoms with van der Waals surface area (Å²) < 4.78 is 0.419. The summed E-state index contributed by atoms with van der Waals surface area (Å²) in [5, 5.41) is 10.8. The van der Waals surface area contributed by atoms with Crippen molar-refractivity contribution >= 4 is 23.1 Å². The largest absolute Gasteiger partial charge is 0.384 e. The van der Waals surface area contributed by atoms with Gasteiger partial charge in [0.1, 0.15) is 6.61 Å². The first-order chi connectivity index (χ1) is 9.09. The molecule has 2 nitrogen and oxygen atoms in total. The minimum absolute atomic E-state index is 0.0659. The lowest BCUT2D eigenvalue weighted by Gasteiger charge is -2.22. The van der Waals surface area contributed by atoms with Gasteiger partial charge in [0.25, 0.3) is 0 Å². The van der Waals surface area contributed by atoms with E-state index in [-0.39, 0.29) is 6.61 Å². The summed E-state index contributed by atoms with van der Waals surface area (Å²) in [6.45, 7) is 7.99. The molecule has 1 aliphatic rings. The Morgan fingerprint density at radius 1 is 1.42 bits per heavy atom. The summed E-state index contributed by atoms with van der Waals surface area (Å²) in [5.74, 6) is 6.88. The fourth-order valence-corrected chi connectivity index (χ4v) is 4.11. The molecule has 1 fully saturated rings. The van der Waals surface area contributed by atoms with Crippen LogP contribution < -0.4 is 0 Å². The van der Waals surface area contributed by atoms with Crippen LogP contribution in [0.25, 0.3) is 0 Å². The molecule has 1 N–H and O–H groups in total. The second-order valence-corrected chi connectivity index (χ2v) is 8.19. The van der Waals surface area contributed by atoms with Crippen molar-refractivity contribution in [3.8, 4) is 11.8 Å². The SMILES string of the molecule is CC1(C)CCN(Cc2cc(C#CCO)cs2)CCS1. The van der Waals surface area contributed by atoms with Crippen molar-refractivity contribution in [2.75, 3.05) is 25.4 Å². The van der Waals surface area contributed by atoms with Gasteiger partial charge in [-0.1, -0.05) is 25.7 Å². The van der Waals surface area contributed by atoms with Gasteiger partial charge in [-0.3, -0.25) is 4.90 Å². The molecule has 0 atom stereocenters. The second-order valence-electron chi connectivity index (χ2n) is 5.40. The van der Waals surface area contributed by atoms with Crippen LogP contribution in [-0.2, 0) is 6.54 Å². The number of thioether (sulfide) groups is 1. The molecule has 0 radical (unpaired) electrons. The summed E-state index contributed by atoms with van der Waals surface area (Å²) >= 11 is 3.85. The number of thiophene rings is 1. The molecule has 0 amide bonds. The third-order valence-corrected chi connectivity index (χ3v) is 5.57. The highest BCUT2D eigenvalue weighted by molar-refractivity contribution is 8.00. The zero-order valence-electron chi connectivity index (χ0n) is 11.6. The van der Waals surface area contributed by atoms with Gasteiger partial charge in [0.2, 0.25) is 0 Å². The van der Waals surface area contributed by atoms with E-state index in [4.69, 9.17) is 5.11 Å². The molecule has 2 heterocycles. The standard InChI is InChI=1S/C15H21NOS2/c1-15(2)5-6-16(7-9-19-15)11-14-10-13(12-18-14)4-3-8-17/h10,12,17H,5-9,11H2,1-2H3. The normalized spacial score (nSPS) is 19.5. The summed E-state index contributed by atoms with van der Waals surface area (Å²) in [5.41, 5.74) is 1.03. The molecule has 1 aromatic heterocycles. The lowest BCUT2D eigenvalue weighted by Crippen LogP contribution is -2.26. The van der Waals surface area contributed by atoms with E-state index in [0.717, 1.165) is 12.1 Å². The Morgan fingerprint density at radius 2 is 2.26 bits per heavy atom. The van der Waals surface area contributed by atoms with Gasteiger partial charge in [-0.2, -0.15) is 11.8 Å². The van der Waals surface area contributed by atoms with Gasteiger partial charge in [0, 0.05) is 39.4 Å². The molecule has 2 rings (SSSR count). The predicted molar refractivity (Wildman–Crippen MR) is 84.7 cm³/mol. The molecule has 104 valence electrons. The van der Waals surface area contributed by atoms with Crippen molar-refractivity contribution in [1.29, 1.82) is 0 Å². The third kappa shape index (κ3) is 4.85. The van der Waals surface area contributed by atoms with Gasteiger partial charge in [-0.25, -0.2) is 0 Å². The maximum Gasteiger partial charge on any atom is 0.104 e. The Hall–Kier alpha value is -0.470. The van der Waals surface area contributed by atoms with E-state index in [1.807, 2.05) is 0 Å². The molecule has 1 aliphatic heterocycles. The molecule has 1 saturated heterocycles. The lowest BCUT2D eigenvalue weighted by molar-refractivity contribution is 0.278. The molecule has 1 aromatic rings. The monoisotopic (exact) mass is 295 g/mol. The molecule has 0 spiro atoms. The number of aliphatic hydroxyl groups excluding tert-OH is 1. The number of nitrogens with zero attached hydrogens (tertiary/aromatic N) is 1. The minimum atomic E-state index is -0.0659. The summed E-state index contributed by atoms with van der Waals surface area (Å²) in [7, 11) is 0. The molecule has 0 aromatic carbocycles. The van der Waals surface area contributed by atoms with Gasteiger partial charge in [0.15, 0.2) is 0 Å². The Kier molecular flexibility index (Phi) is 5.35. The first-order valence-corrected chi connectivity index (χ1v) is 8.49. The number of aliphatic hydroxyl groups is 1. The van der Waals surface area contributed by atoms with Crippen LogP contribution in [0.3, 0.4) is 0 Å². The molecule has 4 heteroatoms. The molecule has 0 unspecified atom stereocenters. The number of hydrogen-bond acceptors (Lipinski definition) is 4. The van der Waals surface area contributed by atoms with Crippen LogP contribution in [0.15, 0.2) is 11.4 Å². The van der Waals surface area contributed by atoms with Crippen LogP contribution in [0.5, 0.6) is 0 Å². The maximum atomic E-state index is 8.69. The average Bonchev–Trinajstić information content (AvgIpc) is 2.73. The molecular weight excluding hydrogens is 274 g/mol. The Balaban J connectivity index is 1.92.